The molecule has 1 atom stereocenters. The van der Waals surface area contributed by atoms with Gasteiger partial charge in [0.2, 0.25) is 0 Å². The van der Waals surface area contributed by atoms with E-state index in [0.717, 1.165) is 5.56 Å². The fraction of sp³-hybridized carbons (Fsp3) is 0.176. The molecule has 0 aliphatic carbocycles. The molecule has 0 saturated carbocycles. The predicted molar refractivity (Wildman–Crippen MR) is 88.8 cm³/mol. The molecule has 1 aliphatic heterocycles. The number of benzene rings is 2. The summed E-state index contributed by atoms with van der Waals surface area (Å²) in [5.41, 5.74) is 8.01. The molecule has 0 fully saturated rings. The lowest BCUT2D eigenvalue weighted by Gasteiger charge is -2.19. The highest BCUT2D eigenvalue weighted by molar-refractivity contribution is 9.10. The smallest absolute Gasteiger partial charge is 0.263 e. The number of fused-ring (bicyclic) bond motifs is 1. The van der Waals surface area contributed by atoms with Gasteiger partial charge in [-0.3, -0.25) is 14.5 Å². The fourth-order valence-corrected chi connectivity index (χ4v) is 3.21. The Hall–Kier alpha value is -2.14. The fourth-order valence-electron chi connectivity index (χ4n) is 2.73. The minimum Gasteiger partial charge on any atom is -0.398 e. The van der Waals surface area contributed by atoms with Crippen molar-refractivity contribution in [3.63, 3.8) is 0 Å². The molecule has 4 nitrogen and oxygen atoms in total. The second kappa shape index (κ2) is 5.57. The van der Waals surface area contributed by atoms with Gasteiger partial charge < -0.3 is 5.73 Å². The van der Waals surface area contributed by atoms with Crippen LogP contribution in [0.2, 0.25) is 0 Å². The van der Waals surface area contributed by atoms with E-state index in [1.54, 1.807) is 12.1 Å². The Labute approximate surface area is 137 Å². The molecule has 2 N–H and O–H groups in total. The van der Waals surface area contributed by atoms with Crippen LogP contribution in [0.4, 0.5) is 5.69 Å². The van der Waals surface area contributed by atoms with E-state index < -0.39 is 0 Å². The van der Waals surface area contributed by atoms with Gasteiger partial charge in [0.1, 0.15) is 0 Å². The molecule has 2 aromatic carbocycles. The monoisotopic (exact) mass is 358 g/mol. The number of imide groups is 1. The summed E-state index contributed by atoms with van der Waals surface area (Å²) in [6.45, 7) is 2.34. The van der Waals surface area contributed by atoms with Crippen molar-refractivity contribution in [2.45, 2.75) is 12.8 Å². The van der Waals surface area contributed by atoms with Gasteiger partial charge in [-0.2, -0.15) is 0 Å². The number of hydrogen-bond acceptors (Lipinski definition) is 3. The Morgan fingerprint density at radius 2 is 1.82 bits per heavy atom. The third-order valence-corrected chi connectivity index (χ3v) is 4.35. The van der Waals surface area contributed by atoms with E-state index in [1.165, 1.54) is 4.90 Å². The average molecular weight is 359 g/mol. The van der Waals surface area contributed by atoms with Crippen LogP contribution in [0.5, 0.6) is 0 Å². The molecule has 1 heterocycles. The van der Waals surface area contributed by atoms with Gasteiger partial charge in [0.15, 0.2) is 0 Å². The largest absolute Gasteiger partial charge is 0.398 e. The Morgan fingerprint density at radius 3 is 2.50 bits per heavy atom. The van der Waals surface area contributed by atoms with Crippen LogP contribution >= 0.6 is 15.9 Å². The van der Waals surface area contributed by atoms with E-state index in [1.807, 2.05) is 37.3 Å². The Balaban J connectivity index is 1.90. The molecule has 112 valence electrons. The van der Waals surface area contributed by atoms with E-state index >= 15 is 0 Å². The summed E-state index contributed by atoms with van der Waals surface area (Å²) < 4.78 is 0.697. The summed E-state index contributed by atoms with van der Waals surface area (Å²) in [6, 6.07) is 13.1. The second-order valence-corrected chi connectivity index (χ2v) is 6.37. The maximum absolute atomic E-state index is 12.5. The van der Waals surface area contributed by atoms with Crippen LogP contribution in [0.15, 0.2) is 46.9 Å². The SMILES string of the molecule is CC(CN1C(=O)c2cc(Br)cc(N)c2C1=O)c1ccccc1. The number of carbonyl (C=O) groups is 2. The third-order valence-electron chi connectivity index (χ3n) is 3.89. The molecule has 22 heavy (non-hydrogen) atoms. The number of carbonyl (C=O) groups excluding carboxylic acids is 2. The normalized spacial score (nSPS) is 15.1. The van der Waals surface area contributed by atoms with Gasteiger partial charge in [-0.05, 0) is 23.6 Å². The van der Waals surface area contributed by atoms with Crippen LogP contribution in [0.25, 0.3) is 0 Å². The van der Waals surface area contributed by atoms with Crippen molar-refractivity contribution < 1.29 is 9.59 Å². The molecule has 1 aliphatic rings. The topological polar surface area (TPSA) is 63.4 Å². The number of rotatable bonds is 3. The van der Waals surface area contributed by atoms with Crippen molar-refractivity contribution in [2.75, 3.05) is 12.3 Å². The van der Waals surface area contributed by atoms with Crippen molar-refractivity contribution in [1.82, 2.24) is 4.90 Å². The highest BCUT2D eigenvalue weighted by Gasteiger charge is 2.38. The quantitative estimate of drug-likeness (QED) is 0.675. The summed E-state index contributed by atoms with van der Waals surface area (Å²) in [5, 5.41) is 0. The summed E-state index contributed by atoms with van der Waals surface area (Å²) in [4.78, 5) is 26.3. The van der Waals surface area contributed by atoms with Crippen LogP contribution in [-0.2, 0) is 0 Å². The molecule has 5 heteroatoms. The molecule has 1 unspecified atom stereocenters. The maximum atomic E-state index is 12.5. The maximum Gasteiger partial charge on any atom is 0.263 e. The minimum absolute atomic E-state index is 0.0630. The van der Waals surface area contributed by atoms with E-state index in [0.29, 0.717) is 27.8 Å². The number of amides is 2. The molecule has 0 bridgehead atoms. The van der Waals surface area contributed by atoms with Gasteiger partial charge in [0, 0.05) is 16.7 Å². The van der Waals surface area contributed by atoms with Gasteiger partial charge >= 0.3 is 0 Å². The first-order valence-corrected chi connectivity index (χ1v) is 7.78. The zero-order chi connectivity index (χ0) is 15.9. The number of nitrogen functional groups attached to an aromatic ring is 1. The van der Waals surface area contributed by atoms with E-state index in [4.69, 9.17) is 5.73 Å². The number of nitrogens with zero attached hydrogens (tertiary/aromatic N) is 1. The molecule has 0 spiro atoms. The van der Waals surface area contributed by atoms with Gasteiger partial charge in [-0.15, -0.1) is 0 Å². The number of halogens is 1. The first-order valence-electron chi connectivity index (χ1n) is 6.99. The molecule has 2 amide bonds. The molecule has 0 radical (unpaired) electrons. The van der Waals surface area contributed by atoms with Crippen molar-refractivity contribution in [3.05, 3.63) is 63.6 Å². The molecular weight excluding hydrogens is 344 g/mol. The van der Waals surface area contributed by atoms with E-state index in [-0.39, 0.29) is 17.7 Å². The summed E-state index contributed by atoms with van der Waals surface area (Å²) in [5.74, 6) is -0.531. The van der Waals surface area contributed by atoms with Gasteiger partial charge in [-0.1, -0.05) is 53.2 Å². The Kier molecular flexibility index (Phi) is 3.74. The van der Waals surface area contributed by atoms with Crippen molar-refractivity contribution in [1.29, 1.82) is 0 Å². The lowest BCUT2D eigenvalue weighted by molar-refractivity contribution is 0.0647. The zero-order valence-electron chi connectivity index (χ0n) is 12.0. The molecular formula is C17H15BrN2O2. The minimum atomic E-state index is -0.312. The highest BCUT2D eigenvalue weighted by Crippen LogP contribution is 2.32. The van der Waals surface area contributed by atoms with Gasteiger partial charge in [-0.25, -0.2) is 0 Å². The number of anilines is 1. The average Bonchev–Trinajstić information content (AvgIpc) is 2.73. The van der Waals surface area contributed by atoms with Crippen LogP contribution in [0.3, 0.4) is 0 Å². The van der Waals surface area contributed by atoms with Gasteiger partial charge in [0.25, 0.3) is 11.8 Å². The van der Waals surface area contributed by atoms with Gasteiger partial charge in [0.05, 0.1) is 11.1 Å². The molecule has 0 aromatic heterocycles. The molecule has 2 aromatic rings. The summed E-state index contributed by atoms with van der Waals surface area (Å²) in [6.07, 6.45) is 0. The van der Waals surface area contributed by atoms with Crippen LogP contribution in [0, 0.1) is 0 Å². The molecule has 0 saturated heterocycles. The van der Waals surface area contributed by atoms with Crippen LogP contribution in [0.1, 0.15) is 39.1 Å². The summed E-state index contributed by atoms with van der Waals surface area (Å²) >= 11 is 3.31. The van der Waals surface area contributed by atoms with Crippen molar-refractivity contribution in [2.24, 2.45) is 0 Å². The number of nitrogens with two attached hydrogens (primary N) is 1. The lowest BCUT2D eigenvalue weighted by atomic mass is 10.0. The highest BCUT2D eigenvalue weighted by atomic mass is 79.9. The lowest BCUT2D eigenvalue weighted by Crippen LogP contribution is -2.33. The standard InChI is InChI=1S/C17H15BrN2O2/c1-10(11-5-3-2-4-6-11)9-20-16(21)13-7-12(18)8-14(19)15(13)17(20)22/h2-8,10H,9,19H2,1H3. The van der Waals surface area contributed by atoms with E-state index in [9.17, 15) is 9.59 Å². The van der Waals surface area contributed by atoms with Crippen molar-refractivity contribution in [3.8, 4) is 0 Å². The second-order valence-electron chi connectivity index (χ2n) is 5.45. The third kappa shape index (κ3) is 2.41. The number of hydrogen-bond donors (Lipinski definition) is 1. The van der Waals surface area contributed by atoms with Crippen molar-refractivity contribution >= 4 is 33.4 Å². The van der Waals surface area contributed by atoms with E-state index in [2.05, 4.69) is 15.9 Å². The zero-order valence-corrected chi connectivity index (χ0v) is 13.6. The predicted octanol–water partition coefficient (Wildman–Crippen LogP) is 3.43. The molecule has 3 rings (SSSR count). The van der Waals surface area contributed by atoms with Crippen LogP contribution in [-0.4, -0.2) is 23.3 Å². The van der Waals surface area contributed by atoms with Crippen LogP contribution < -0.4 is 5.73 Å². The Morgan fingerprint density at radius 1 is 1.14 bits per heavy atom. The first kappa shape index (κ1) is 14.8. The summed E-state index contributed by atoms with van der Waals surface area (Å²) in [7, 11) is 0. The first-order chi connectivity index (χ1) is 10.5. The Bertz CT molecular complexity index is 759.